The molecular weight excluding hydrogens is 457 g/mol. The number of hydrogen-bond acceptors (Lipinski definition) is 4. The Morgan fingerprint density at radius 3 is 2.44 bits per heavy atom. The number of rotatable bonds is 13. The Kier molecular flexibility index (Phi) is 16.7. The van der Waals surface area contributed by atoms with Crippen molar-refractivity contribution in [2.24, 2.45) is 16.8 Å². The molecule has 0 heterocycles. The predicted octanol–water partition coefficient (Wildman–Crippen LogP) is 3.18. The average molecular weight is 499 g/mol. The van der Waals surface area contributed by atoms with E-state index in [2.05, 4.69) is 36.4 Å². The number of aliphatic hydroxyl groups is 1. The van der Waals surface area contributed by atoms with E-state index in [0.29, 0.717) is 37.7 Å². The van der Waals surface area contributed by atoms with Crippen LogP contribution in [0.2, 0.25) is 0 Å². The molecule has 1 saturated carbocycles. The van der Waals surface area contributed by atoms with Crippen LogP contribution in [0.15, 0.2) is 4.99 Å². The third-order valence-electron chi connectivity index (χ3n) is 4.59. The fourth-order valence-electron chi connectivity index (χ4n) is 3.36. The highest BCUT2D eigenvalue weighted by Crippen LogP contribution is 2.30. The van der Waals surface area contributed by atoms with Crippen molar-refractivity contribution in [2.75, 3.05) is 39.5 Å². The van der Waals surface area contributed by atoms with Crippen molar-refractivity contribution in [3.8, 4) is 0 Å². The summed E-state index contributed by atoms with van der Waals surface area (Å²) in [5.41, 5.74) is 0. The van der Waals surface area contributed by atoms with E-state index < -0.39 is 6.10 Å². The van der Waals surface area contributed by atoms with Crippen LogP contribution in [0.1, 0.15) is 59.8 Å². The molecule has 0 aromatic rings. The molecule has 162 valence electrons. The zero-order valence-corrected chi connectivity index (χ0v) is 20.0. The second kappa shape index (κ2) is 16.8. The van der Waals surface area contributed by atoms with Gasteiger partial charge < -0.3 is 25.2 Å². The first-order valence-corrected chi connectivity index (χ1v) is 10.5. The maximum atomic E-state index is 10.00. The number of nitrogens with zero attached hydrogens (tertiary/aromatic N) is 1. The molecule has 0 bridgehead atoms. The monoisotopic (exact) mass is 499 g/mol. The highest BCUT2D eigenvalue weighted by Gasteiger charge is 2.25. The first-order valence-electron chi connectivity index (χ1n) is 10.5. The number of ether oxygens (including phenoxy) is 2. The Labute approximate surface area is 183 Å². The van der Waals surface area contributed by atoms with Gasteiger partial charge in [-0.3, -0.25) is 4.99 Å². The van der Waals surface area contributed by atoms with Gasteiger partial charge in [-0.05, 0) is 44.9 Å². The lowest BCUT2D eigenvalue weighted by Gasteiger charge is -2.24. The molecule has 2 atom stereocenters. The molecule has 6 nitrogen and oxygen atoms in total. The molecule has 0 saturated heterocycles. The number of halogens is 1. The van der Waals surface area contributed by atoms with Gasteiger partial charge in [0.1, 0.15) is 0 Å². The van der Waals surface area contributed by atoms with E-state index in [1.807, 2.05) is 6.92 Å². The quantitative estimate of drug-likeness (QED) is 0.206. The summed E-state index contributed by atoms with van der Waals surface area (Å²) >= 11 is 0. The van der Waals surface area contributed by atoms with Crippen molar-refractivity contribution in [1.29, 1.82) is 0 Å². The van der Waals surface area contributed by atoms with Crippen LogP contribution in [0, 0.1) is 11.8 Å². The van der Waals surface area contributed by atoms with Gasteiger partial charge in [-0.15, -0.1) is 24.0 Å². The zero-order chi connectivity index (χ0) is 19.2. The van der Waals surface area contributed by atoms with Gasteiger partial charge in [0, 0.05) is 26.3 Å². The summed E-state index contributed by atoms with van der Waals surface area (Å²) in [5, 5.41) is 16.6. The van der Waals surface area contributed by atoms with E-state index >= 15 is 0 Å². The fraction of sp³-hybridized carbons (Fsp3) is 0.950. The van der Waals surface area contributed by atoms with Gasteiger partial charge in [-0.1, -0.05) is 26.7 Å². The smallest absolute Gasteiger partial charge is 0.191 e. The molecule has 3 N–H and O–H groups in total. The molecule has 7 heteroatoms. The van der Waals surface area contributed by atoms with E-state index in [9.17, 15) is 5.11 Å². The van der Waals surface area contributed by atoms with E-state index in [1.165, 1.54) is 25.7 Å². The first kappa shape index (κ1) is 26.9. The molecule has 0 aliphatic heterocycles. The minimum atomic E-state index is -0.570. The number of nitrogens with one attached hydrogen (secondary N) is 2. The van der Waals surface area contributed by atoms with Gasteiger partial charge >= 0.3 is 0 Å². The summed E-state index contributed by atoms with van der Waals surface area (Å²) in [5.74, 6) is 1.93. The summed E-state index contributed by atoms with van der Waals surface area (Å²) < 4.78 is 11.4. The maximum Gasteiger partial charge on any atom is 0.191 e. The van der Waals surface area contributed by atoms with Crippen LogP contribution in [0.4, 0.5) is 0 Å². The topological polar surface area (TPSA) is 75.1 Å². The van der Waals surface area contributed by atoms with Crippen molar-refractivity contribution in [1.82, 2.24) is 10.6 Å². The Hall–Kier alpha value is -0.120. The van der Waals surface area contributed by atoms with Crippen LogP contribution in [0.5, 0.6) is 0 Å². The summed E-state index contributed by atoms with van der Waals surface area (Å²) in [6.45, 7) is 12.0. The average Bonchev–Trinajstić information content (AvgIpc) is 3.13. The van der Waals surface area contributed by atoms with Crippen LogP contribution < -0.4 is 10.6 Å². The maximum absolute atomic E-state index is 10.00. The van der Waals surface area contributed by atoms with Gasteiger partial charge in [0.05, 0.1) is 25.4 Å². The normalized spacial score (nSPS) is 17.6. The molecule has 1 aliphatic rings. The molecule has 0 aromatic heterocycles. The van der Waals surface area contributed by atoms with Gasteiger partial charge in [0.2, 0.25) is 0 Å². The molecule has 0 amide bonds. The Balaban J connectivity index is 0.00000676. The Morgan fingerprint density at radius 1 is 1.15 bits per heavy atom. The summed E-state index contributed by atoms with van der Waals surface area (Å²) in [4.78, 5) is 4.48. The molecule has 0 spiro atoms. The van der Waals surface area contributed by atoms with Gasteiger partial charge in [0.15, 0.2) is 5.96 Å². The largest absolute Gasteiger partial charge is 0.389 e. The second-order valence-corrected chi connectivity index (χ2v) is 7.56. The van der Waals surface area contributed by atoms with Crippen molar-refractivity contribution in [3.05, 3.63) is 0 Å². The van der Waals surface area contributed by atoms with Gasteiger partial charge in [0.25, 0.3) is 0 Å². The molecule has 2 unspecified atom stereocenters. The van der Waals surface area contributed by atoms with Crippen molar-refractivity contribution >= 4 is 29.9 Å². The lowest BCUT2D eigenvalue weighted by molar-refractivity contribution is 0.0169. The summed E-state index contributed by atoms with van der Waals surface area (Å²) in [6.07, 6.45) is 6.02. The van der Waals surface area contributed by atoms with Crippen LogP contribution in [0.25, 0.3) is 0 Å². The van der Waals surface area contributed by atoms with Crippen molar-refractivity contribution in [3.63, 3.8) is 0 Å². The van der Waals surface area contributed by atoms with E-state index in [0.717, 1.165) is 32.1 Å². The summed E-state index contributed by atoms with van der Waals surface area (Å²) in [7, 11) is 0. The number of aliphatic hydroxyl groups excluding tert-OH is 1. The number of aliphatic imine (C=N–C) groups is 1. The van der Waals surface area contributed by atoms with E-state index in [-0.39, 0.29) is 24.0 Å². The number of hydrogen-bond donors (Lipinski definition) is 3. The van der Waals surface area contributed by atoms with E-state index in [1.54, 1.807) is 0 Å². The lowest BCUT2D eigenvalue weighted by atomic mass is 9.98. The lowest BCUT2D eigenvalue weighted by Crippen LogP contribution is -2.40. The van der Waals surface area contributed by atoms with Crippen molar-refractivity contribution in [2.45, 2.75) is 72.0 Å². The first-order chi connectivity index (χ1) is 12.6. The Bertz CT molecular complexity index is 377. The van der Waals surface area contributed by atoms with Gasteiger partial charge in [-0.2, -0.15) is 0 Å². The zero-order valence-electron chi connectivity index (χ0n) is 17.7. The molecule has 1 aliphatic carbocycles. The molecule has 0 radical (unpaired) electrons. The van der Waals surface area contributed by atoms with E-state index in [4.69, 9.17) is 9.47 Å². The predicted molar refractivity (Wildman–Crippen MR) is 123 cm³/mol. The molecule has 1 rings (SSSR count). The highest BCUT2D eigenvalue weighted by molar-refractivity contribution is 14.0. The van der Waals surface area contributed by atoms with Crippen LogP contribution in [-0.2, 0) is 9.47 Å². The van der Waals surface area contributed by atoms with Crippen LogP contribution in [0.3, 0.4) is 0 Å². The Morgan fingerprint density at radius 2 is 1.85 bits per heavy atom. The molecular formula is C20H42IN3O3. The third-order valence-corrected chi connectivity index (χ3v) is 4.59. The fourth-order valence-corrected chi connectivity index (χ4v) is 3.36. The van der Waals surface area contributed by atoms with Crippen molar-refractivity contribution < 1.29 is 14.6 Å². The minimum Gasteiger partial charge on any atom is -0.389 e. The molecule has 27 heavy (non-hydrogen) atoms. The highest BCUT2D eigenvalue weighted by atomic mass is 127. The molecule has 0 aromatic carbocycles. The second-order valence-electron chi connectivity index (χ2n) is 7.56. The van der Waals surface area contributed by atoms with Crippen LogP contribution in [-0.4, -0.2) is 62.7 Å². The number of guanidine groups is 1. The molecule has 1 fully saturated rings. The van der Waals surface area contributed by atoms with Crippen LogP contribution >= 0.6 is 24.0 Å². The third kappa shape index (κ3) is 12.9. The minimum absolute atomic E-state index is 0. The van der Waals surface area contributed by atoms with Gasteiger partial charge in [-0.25, -0.2) is 0 Å². The standard InChI is InChI=1S/C20H41N3O3.HI/c1-5-21-20(23-13-18(24)15-25-14-16(3)4)22-12-11-19(26-6-2)17-9-7-8-10-17;/h16-19,24H,5-15H2,1-4H3,(H2,21,22,23);1H. The summed E-state index contributed by atoms with van der Waals surface area (Å²) in [6, 6.07) is 0. The SMILES string of the molecule is CCNC(=NCC(O)COCC(C)C)NCCC(OCC)C1CCCC1.I.